The van der Waals surface area contributed by atoms with E-state index in [4.69, 9.17) is 0 Å². The van der Waals surface area contributed by atoms with Crippen LogP contribution in [0, 0.1) is 11.3 Å². The maximum absolute atomic E-state index is 9.41. The highest BCUT2D eigenvalue weighted by Gasteiger charge is 2.25. The van der Waals surface area contributed by atoms with E-state index in [1.54, 1.807) is 0 Å². The molecule has 100 valence electrons. The molecule has 20 heavy (non-hydrogen) atoms. The summed E-state index contributed by atoms with van der Waals surface area (Å²) in [6.07, 6.45) is 2.21. The fraction of sp³-hybridized carbons (Fsp3) is 0.235. The molecule has 1 atom stereocenters. The van der Waals surface area contributed by atoms with Crippen molar-refractivity contribution in [1.29, 1.82) is 5.26 Å². The molecule has 1 heterocycles. The van der Waals surface area contributed by atoms with Gasteiger partial charge in [0, 0.05) is 16.2 Å². The molecule has 0 aliphatic carbocycles. The number of rotatable bonds is 1. The monoisotopic (exact) mass is 326 g/mol. The van der Waals surface area contributed by atoms with E-state index in [0.29, 0.717) is 11.6 Å². The van der Waals surface area contributed by atoms with Crippen LogP contribution in [0.1, 0.15) is 24.5 Å². The van der Waals surface area contributed by atoms with Crippen LogP contribution in [-0.2, 0) is 6.42 Å². The highest BCUT2D eigenvalue weighted by Crippen LogP contribution is 2.38. The summed E-state index contributed by atoms with van der Waals surface area (Å²) in [6, 6.07) is 17.1. The molecular weight excluding hydrogens is 312 g/mol. The van der Waals surface area contributed by atoms with Crippen LogP contribution in [0.15, 0.2) is 46.9 Å². The normalized spacial score (nSPS) is 17.4. The topological polar surface area (TPSA) is 27.0 Å². The van der Waals surface area contributed by atoms with Crippen molar-refractivity contribution < 1.29 is 0 Å². The van der Waals surface area contributed by atoms with Crippen LogP contribution in [0.25, 0.3) is 0 Å². The Morgan fingerprint density at radius 1 is 1.20 bits per heavy atom. The zero-order chi connectivity index (χ0) is 14.1. The molecule has 1 aliphatic heterocycles. The molecule has 2 aromatic carbocycles. The lowest BCUT2D eigenvalue weighted by molar-refractivity contribution is 0.618. The molecule has 0 bridgehead atoms. The van der Waals surface area contributed by atoms with Gasteiger partial charge < -0.3 is 4.90 Å². The maximum Gasteiger partial charge on any atom is 0.101 e. The largest absolute Gasteiger partial charge is 0.337 e. The third kappa shape index (κ3) is 2.21. The fourth-order valence-electron chi connectivity index (χ4n) is 2.86. The van der Waals surface area contributed by atoms with Crippen LogP contribution in [-0.4, -0.2) is 6.04 Å². The smallest absolute Gasteiger partial charge is 0.101 e. The molecule has 1 unspecified atom stereocenters. The van der Waals surface area contributed by atoms with Gasteiger partial charge in [0.1, 0.15) is 6.07 Å². The van der Waals surface area contributed by atoms with E-state index < -0.39 is 0 Å². The molecular formula is C17H15BrN2. The molecule has 2 aromatic rings. The predicted octanol–water partition coefficient (Wildman–Crippen LogP) is 4.79. The molecule has 3 heteroatoms. The SMILES string of the molecule is CC1CCc2ccccc2N1c1ccc(Br)cc1C#N. The number of benzene rings is 2. The van der Waals surface area contributed by atoms with Crippen LogP contribution in [0.5, 0.6) is 0 Å². The van der Waals surface area contributed by atoms with Crippen LogP contribution in [0.4, 0.5) is 11.4 Å². The number of fused-ring (bicyclic) bond motifs is 1. The molecule has 0 radical (unpaired) electrons. The summed E-state index contributed by atoms with van der Waals surface area (Å²) >= 11 is 3.44. The second-order valence-electron chi connectivity index (χ2n) is 5.16. The Morgan fingerprint density at radius 3 is 2.80 bits per heavy atom. The Balaban J connectivity index is 2.17. The van der Waals surface area contributed by atoms with E-state index >= 15 is 0 Å². The van der Waals surface area contributed by atoms with E-state index in [1.807, 2.05) is 18.2 Å². The Labute approximate surface area is 127 Å². The summed E-state index contributed by atoms with van der Waals surface area (Å²) < 4.78 is 0.941. The van der Waals surface area contributed by atoms with E-state index in [1.165, 1.54) is 11.3 Å². The Hall–Kier alpha value is -1.79. The lowest BCUT2D eigenvalue weighted by Crippen LogP contribution is -2.33. The van der Waals surface area contributed by atoms with Crippen LogP contribution in [0.3, 0.4) is 0 Å². The second kappa shape index (κ2) is 5.30. The molecule has 0 N–H and O–H groups in total. The Bertz CT molecular complexity index is 688. The van der Waals surface area contributed by atoms with Crippen LogP contribution < -0.4 is 4.90 Å². The van der Waals surface area contributed by atoms with Gasteiger partial charge in [-0.2, -0.15) is 5.26 Å². The molecule has 1 aliphatic rings. The van der Waals surface area contributed by atoms with Crippen molar-refractivity contribution >= 4 is 27.3 Å². The number of hydrogen-bond acceptors (Lipinski definition) is 2. The lowest BCUT2D eigenvalue weighted by atomic mass is 9.95. The van der Waals surface area contributed by atoms with Gasteiger partial charge in [-0.1, -0.05) is 34.1 Å². The van der Waals surface area contributed by atoms with Gasteiger partial charge in [-0.3, -0.25) is 0 Å². The summed E-state index contributed by atoms with van der Waals surface area (Å²) in [4.78, 5) is 2.30. The summed E-state index contributed by atoms with van der Waals surface area (Å²) in [5.74, 6) is 0. The number of para-hydroxylation sites is 1. The van der Waals surface area contributed by atoms with Crippen molar-refractivity contribution in [3.63, 3.8) is 0 Å². The Kier molecular flexibility index (Phi) is 3.50. The first-order valence-electron chi connectivity index (χ1n) is 6.77. The quantitative estimate of drug-likeness (QED) is 0.753. The van der Waals surface area contributed by atoms with Crippen LogP contribution >= 0.6 is 15.9 Å². The lowest BCUT2D eigenvalue weighted by Gasteiger charge is -2.37. The molecule has 0 saturated carbocycles. The third-order valence-corrected chi connectivity index (χ3v) is 4.36. The first kappa shape index (κ1) is 13.2. The summed E-state index contributed by atoms with van der Waals surface area (Å²) in [5, 5.41) is 9.41. The van der Waals surface area contributed by atoms with Gasteiger partial charge >= 0.3 is 0 Å². The number of halogens is 1. The van der Waals surface area contributed by atoms with Gasteiger partial charge in [0.25, 0.3) is 0 Å². The molecule has 3 rings (SSSR count). The van der Waals surface area contributed by atoms with Gasteiger partial charge in [0.05, 0.1) is 11.3 Å². The van der Waals surface area contributed by atoms with Crippen molar-refractivity contribution in [2.24, 2.45) is 0 Å². The van der Waals surface area contributed by atoms with E-state index in [2.05, 4.69) is 58.1 Å². The molecule has 0 fully saturated rings. The summed E-state index contributed by atoms with van der Waals surface area (Å²) in [6.45, 7) is 2.22. The van der Waals surface area contributed by atoms with Crippen molar-refractivity contribution in [2.45, 2.75) is 25.8 Å². The average molecular weight is 327 g/mol. The van der Waals surface area contributed by atoms with Gasteiger partial charge in [0.15, 0.2) is 0 Å². The minimum Gasteiger partial charge on any atom is -0.337 e. The van der Waals surface area contributed by atoms with Crippen molar-refractivity contribution in [1.82, 2.24) is 0 Å². The van der Waals surface area contributed by atoms with Crippen molar-refractivity contribution in [3.05, 3.63) is 58.1 Å². The third-order valence-electron chi connectivity index (χ3n) is 3.86. The number of aryl methyl sites for hydroxylation is 1. The minimum absolute atomic E-state index is 0.401. The number of nitrogens with zero attached hydrogens (tertiary/aromatic N) is 2. The minimum atomic E-state index is 0.401. The molecule has 0 spiro atoms. The first-order chi connectivity index (χ1) is 9.70. The van der Waals surface area contributed by atoms with E-state index in [0.717, 1.165) is 23.0 Å². The summed E-state index contributed by atoms with van der Waals surface area (Å²) in [5.41, 5.74) is 4.29. The molecule has 0 aromatic heterocycles. The van der Waals surface area contributed by atoms with Crippen molar-refractivity contribution in [3.8, 4) is 6.07 Å². The fourth-order valence-corrected chi connectivity index (χ4v) is 3.22. The number of hydrogen-bond donors (Lipinski definition) is 0. The zero-order valence-corrected chi connectivity index (χ0v) is 12.9. The van der Waals surface area contributed by atoms with Crippen molar-refractivity contribution in [2.75, 3.05) is 4.90 Å². The summed E-state index contributed by atoms with van der Waals surface area (Å²) in [7, 11) is 0. The number of nitriles is 1. The first-order valence-corrected chi connectivity index (χ1v) is 7.57. The Morgan fingerprint density at radius 2 is 2.00 bits per heavy atom. The molecule has 0 saturated heterocycles. The van der Waals surface area contributed by atoms with Gasteiger partial charge in [-0.15, -0.1) is 0 Å². The van der Waals surface area contributed by atoms with E-state index in [-0.39, 0.29) is 0 Å². The highest BCUT2D eigenvalue weighted by atomic mass is 79.9. The van der Waals surface area contributed by atoms with Gasteiger partial charge in [0.2, 0.25) is 0 Å². The number of anilines is 2. The maximum atomic E-state index is 9.41. The second-order valence-corrected chi connectivity index (χ2v) is 6.08. The highest BCUT2D eigenvalue weighted by molar-refractivity contribution is 9.10. The zero-order valence-electron chi connectivity index (χ0n) is 11.3. The molecule has 2 nitrogen and oxygen atoms in total. The molecule has 0 amide bonds. The average Bonchev–Trinajstić information content (AvgIpc) is 2.48. The van der Waals surface area contributed by atoms with E-state index in [9.17, 15) is 5.26 Å². The predicted molar refractivity (Wildman–Crippen MR) is 85.2 cm³/mol. The van der Waals surface area contributed by atoms with Gasteiger partial charge in [-0.25, -0.2) is 0 Å². The standard InChI is InChI=1S/C17H15BrN2/c1-12-6-7-13-4-2-3-5-16(13)20(12)17-9-8-15(18)10-14(17)11-19/h2-5,8-10,12H,6-7H2,1H3. The van der Waals surface area contributed by atoms with Crippen LogP contribution in [0.2, 0.25) is 0 Å². The van der Waals surface area contributed by atoms with Gasteiger partial charge in [-0.05, 0) is 49.6 Å².